The average Bonchev–Trinajstić information content (AvgIpc) is 2.24. The molecule has 0 aliphatic carbocycles. The lowest BCUT2D eigenvalue weighted by Gasteiger charge is -2.42. The molecular weight excluding hydrogens is 188 g/mol. The summed E-state index contributed by atoms with van der Waals surface area (Å²) in [5.41, 5.74) is 0. The van der Waals surface area contributed by atoms with E-state index in [1.165, 1.54) is 0 Å². The minimum absolute atomic E-state index is 0.112. The van der Waals surface area contributed by atoms with Gasteiger partial charge in [0.05, 0.1) is 18.7 Å². The fraction of sp³-hybridized carbons (Fsp3) is 0.833. The van der Waals surface area contributed by atoms with Crippen LogP contribution in [0, 0.1) is 23.2 Å². The zero-order valence-electron chi connectivity index (χ0n) is 10.0. The molecule has 0 aromatic carbocycles. The summed E-state index contributed by atoms with van der Waals surface area (Å²) in [5, 5.41) is 9.03. The van der Waals surface area contributed by atoms with E-state index in [4.69, 9.17) is 5.26 Å². The summed E-state index contributed by atoms with van der Waals surface area (Å²) in [6.07, 6.45) is 0.787. The number of nitrogens with zero attached hydrogens (tertiary/aromatic N) is 2. The van der Waals surface area contributed by atoms with Crippen molar-refractivity contribution in [1.29, 1.82) is 5.26 Å². The van der Waals surface area contributed by atoms with Crippen LogP contribution in [0.4, 0.5) is 0 Å². The van der Waals surface area contributed by atoms with Gasteiger partial charge in [0.1, 0.15) is 5.78 Å². The van der Waals surface area contributed by atoms with Crippen molar-refractivity contribution in [3.63, 3.8) is 0 Å². The van der Waals surface area contributed by atoms with E-state index in [9.17, 15) is 4.79 Å². The number of hydrogen-bond donors (Lipinski definition) is 0. The number of Topliss-reactive ketones (excluding diaryl/α,β-unsaturated/α-hetero) is 1. The summed E-state index contributed by atoms with van der Waals surface area (Å²) in [6, 6.07) is 2.49. The van der Waals surface area contributed by atoms with Gasteiger partial charge in [-0.2, -0.15) is 5.26 Å². The molecule has 1 aliphatic heterocycles. The number of likely N-dealkylation sites (tertiary alicyclic amines) is 1. The molecule has 4 atom stereocenters. The number of nitriles is 1. The lowest BCUT2D eigenvalue weighted by molar-refractivity contribution is -0.131. The van der Waals surface area contributed by atoms with E-state index in [0.29, 0.717) is 18.5 Å². The Labute approximate surface area is 92.1 Å². The molecule has 0 aromatic heterocycles. The van der Waals surface area contributed by atoms with Gasteiger partial charge in [0.2, 0.25) is 0 Å². The maximum Gasteiger partial charge on any atom is 0.150 e. The molecule has 0 spiro atoms. The highest BCUT2D eigenvalue weighted by molar-refractivity contribution is 5.83. The first kappa shape index (κ1) is 12.2. The number of carbonyl (C=O) groups excluding carboxylic acids is 1. The maximum absolute atomic E-state index is 11.7. The van der Waals surface area contributed by atoms with Crippen LogP contribution in [0.25, 0.3) is 0 Å². The molecule has 0 N–H and O–H groups in total. The van der Waals surface area contributed by atoms with Crippen LogP contribution in [-0.4, -0.2) is 29.3 Å². The van der Waals surface area contributed by atoms with E-state index in [0.717, 1.165) is 6.42 Å². The van der Waals surface area contributed by atoms with Gasteiger partial charge in [0.15, 0.2) is 0 Å². The number of carbonyl (C=O) groups is 1. The van der Waals surface area contributed by atoms with Crippen molar-refractivity contribution in [3.8, 4) is 6.07 Å². The van der Waals surface area contributed by atoms with Crippen LogP contribution >= 0.6 is 0 Å². The summed E-state index contributed by atoms with van der Waals surface area (Å²) in [6.45, 7) is 8.65. The Kier molecular flexibility index (Phi) is 3.87. The molecule has 1 rings (SSSR count). The Balaban J connectivity index is 2.83. The molecule has 0 bridgehead atoms. The molecule has 3 heteroatoms. The number of hydrogen-bond acceptors (Lipinski definition) is 3. The zero-order chi connectivity index (χ0) is 11.6. The summed E-state index contributed by atoms with van der Waals surface area (Å²) >= 11 is 0. The predicted molar refractivity (Wildman–Crippen MR) is 59.2 cm³/mol. The minimum Gasteiger partial charge on any atom is -0.298 e. The van der Waals surface area contributed by atoms with E-state index in [2.05, 4.69) is 19.9 Å². The Hall–Kier alpha value is -0.880. The fourth-order valence-electron chi connectivity index (χ4n) is 2.27. The van der Waals surface area contributed by atoms with Crippen LogP contribution in [0.1, 0.15) is 34.1 Å². The molecule has 1 heterocycles. The summed E-state index contributed by atoms with van der Waals surface area (Å²) in [7, 11) is 0. The zero-order valence-corrected chi connectivity index (χ0v) is 10.0. The van der Waals surface area contributed by atoms with Crippen LogP contribution in [0.3, 0.4) is 0 Å². The second-order valence-electron chi connectivity index (χ2n) is 4.58. The van der Waals surface area contributed by atoms with Crippen molar-refractivity contribution in [2.24, 2.45) is 11.8 Å². The molecule has 1 aliphatic rings. The fourth-order valence-corrected chi connectivity index (χ4v) is 2.27. The maximum atomic E-state index is 11.7. The Morgan fingerprint density at radius 3 is 2.60 bits per heavy atom. The third-order valence-electron chi connectivity index (χ3n) is 3.86. The van der Waals surface area contributed by atoms with Gasteiger partial charge >= 0.3 is 0 Å². The van der Waals surface area contributed by atoms with Gasteiger partial charge in [-0.15, -0.1) is 0 Å². The molecule has 1 fully saturated rings. The van der Waals surface area contributed by atoms with Gasteiger partial charge in [-0.1, -0.05) is 20.8 Å². The first-order valence-electron chi connectivity index (χ1n) is 5.71. The Bertz CT molecular complexity index is 282. The molecule has 4 unspecified atom stereocenters. The van der Waals surface area contributed by atoms with Crippen molar-refractivity contribution in [3.05, 3.63) is 0 Å². The largest absolute Gasteiger partial charge is 0.298 e. The van der Waals surface area contributed by atoms with Gasteiger partial charge in [0.25, 0.3) is 0 Å². The van der Waals surface area contributed by atoms with E-state index in [1.807, 2.05) is 18.7 Å². The third kappa shape index (κ3) is 2.21. The third-order valence-corrected chi connectivity index (χ3v) is 3.86. The summed E-state index contributed by atoms with van der Waals surface area (Å²) in [5.74, 6) is 0.746. The van der Waals surface area contributed by atoms with Crippen molar-refractivity contribution in [2.75, 3.05) is 6.54 Å². The second-order valence-corrected chi connectivity index (χ2v) is 4.58. The lowest BCUT2D eigenvalue weighted by Crippen LogP contribution is -2.54. The van der Waals surface area contributed by atoms with Gasteiger partial charge < -0.3 is 0 Å². The summed E-state index contributed by atoms with van der Waals surface area (Å²) in [4.78, 5) is 13.8. The molecule has 0 aromatic rings. The Morgan fingerprint density at radius 2 is 2.13 bits per heavy atom. The van der Waals surface area contributed by atoms with E-state index in [-0.39, 0.29) is 17.7 Å². The van der Waals surface area contributed by atoms with Gasteiger partial charge in [-0.3, -0.25) is 9.69 Å². The molecule has 3 nitrogen and oxygen atoms in total. The lowest BCUT2D eigenvalue weighted by atomic mass is 9.81. The monoisotopic (exact) mass is 208 g/mol. The van der Waals surface area contributed by atoms with E-state index in [1.54, 1.807) is 0 Å². The summed E-state index contributed by atoms with van der Waals surface area (Å²) < 4.78 is 0. The Morgan fingerprint density at radius 1 is 1.53 bits per heavy atom. The molecule has 0 amide bonds. The first-order valence-corrected chi connectivity index (χ1v) is 5.71. The van der Waals surface area contributed by atoms with Crippen molar-refractivity contribution in [1.82, 2.24) is 4.90 Å². The molecule has 1 saturated heterocycles. The van der Waals surface area contributed by atoms with Crippen molar-refractivity contribution >= 4 is 5.78 Å². The van der Waals surface area contributed by atoms with Crippen LogP contribution in [0.2, 0.25) is 0 Å². The number of ketones is 1. The first-order chi connectivity index (χ1) is 7.02. The molecule has 0 radical (unpaired) electrons. The number of piperidine rings is 1. The minimum atomic E-state index is -0.112. The van der Waals surface area contributed by atoms with Gasteiger partial charge in [-0.25, -0.2) is 0 Å². The average molecular weight is 208 g/mol. The smallest absolute Gasteiger partial charge is 0.150 e. The predicted octanol–water partition coefficient (Wildman–Crippen LogP) is 1.83. The SMILES string of the molecule is CCC(C#N)N1CC(=O)C(C)C(C)C1C. The molecule has 15 heavy (non-hydrogen) atoms. The topological polar surface area (TPSA) is 44.1 Å². The molecule has 0 saturated carbocycles. The number of rotatable bonds is 2. The van der Waals surface area contributed by atoms with E-state index < -0.39 is 0 Å². The molecular formula is C12H20N2O. The van der Waals surface area contributed by atoms with Crippen LogP contribution in [-0.2, 0) is 4.79 Å². The van der Waals surface area contributed by atoms with E-state index >= 15 is 0 Å². The van der Waals surface area contributed by atoms with Crippen LogP contribution in [0.5, 0.6) is 0 Å². The van der Waals surface area contributed by atoms with Crippen LogP contribution in [0.15, 0.2) is 0 Å². The quantitative estimate of drug-likeness (QED) is 0.695. The highest BCUT2D eigenvalue weighted by Crippen LogP contribution is 2.28. The highest BCUT2D eigenvalue weighted by Gasteiger charge is 2.37. The second kappa shape index (κ2) is 4.76. The van der Waals surface area contributed by atoms with Gasteiger partial charge in [-0.05, 0) is 19.3 Å². The van der Waals surface area contributed by atoms with Crippen molar-refractivity contribution in [2.45, 2.75) is 46.2 Å². The molecule has 84 valence electrons. The van der Waals surface area contributed by atoms with Gasteiger partial charge in [0, 0.05) is 12.0 Å². The highest BCUT2D eigenvalue weighted by atomic mass is 16.1. The standard InChI is InChI=1S/C12H20N2O/c1-5-11(6-13)14-7-12(15)9(3)8(2)10(14)4/h8-11H,5,7H2,1-4H3. The van der Waals surface area contributed by atoms with Crippen LogP contribution < -0.4 is 0 Å². The normalized spacial score (nSPS) is 34.9. The van der Waals surface area contributed by atoms with Crippen molar-refractivity contribution < 1.29 is 4.79 Å².